The number of carbonyl (C=O) groups excluding carboxylic acids is 1. The van der Waals surface area contributed by atoms with Crippen LogP contribution in [0.3, 0.4) is 0 Å². The van der Waals surface area contributed by atoms with Crippen molar-refractivity contribution in [3.63, 3.8) is 0 Å². The van der Waals surface area contributed by atoms with Gasteiger partial charge < -0.3 is 14.7 Å². The van der Waals surface area contributed by atoms with E-state index in [9.17, 15) is 14.7 Å². The van der Waals surface area contributed by atoms with E-state index < -0.39 is 11.4 Å². The second kappa shape index (κ2) is 8.74. The molecule has 0 saturated carbocycles. The van der Waals surface area contributed by atoms with Crippen molar-refractivity contribution in [2.24, 2.45) is 5.41 Å². The summed E-state index contributed by atoms with van der Waals surface area (Å²) in [5, 5.41) is 9.83. The van der Waals surface area contributed by atoms with E-state index in [1.54, 1.807) is 0 Å². The van der Waals surface area contributed by atoms with Gasteiger partial charge in [0.2, 0.25) is 5.91 Å². The van der Waals surface area contributed by atoms with Crippen molar-refractivity contribution in [3.05, 3.63) is 30.3 Å². The van der Waals surface area contributed by atoms with Crippen LogP contribution in [-0.2, 0) is 9.59 Å². The third-order valence-electron chi connectivity index (χ3n) is 6.13. The van der Waals surface area contributed by atoms with Crippen molar-refractivity contribution in [3.8, 4) is 5.75 Å². The summed E-state index contributed by atoms with van der Waals surface area (Å²) in [6, 6.07) is 9.41. The van der Waals surface area contributed by atoms with Gasteiger partial charge >= 0.3 is 5.97 Å². The quantitative estimate of drug-likeness (QED) is 0.829. The zero-order valence-corrected chi connectivity index (χ0v) is 16.1. The number of ether oxygens (including phenoxy) is 1. The summed E-state index contributed by atoms with van der Waals surface area (Å²) in [4.78, 5) is 28.8. The monoisotopic (exact) mass is 374 g/mol. The Morgan fingerprint density at radius 3 is 2.48 bits per heavy atom. The standard InChI is InChI=1S/C21H30N2O4/c1-22-13-6-5-9-18(22)19(24)23-14-10-21(11-15-23,20(25)26)12-16-27-17-7-3-2-4-8-17/h2-4,7-8,18H,5-6,9-16H2,1H3,(H,25,26)/t18-/m1/s1. The first kappa shape index (κ1) is 19.7. The van der Waals surface area contributed by atoms with E-state index >= 15 is 0 Å². The first-order valence-electron chi connectivity index (χ1n) is 9.92. The minimum atomic E-state index is -0.802. The lowest BCUT2D eigenvalue weighted by molar-refractivity contribution is -0.156. The van der Waals surface area contributed by atoms with Crippen LogP contribution in [0.2, 0.25) is 0 Å². The number of carboxylic acid groups (broad SMARTS) is 1. The fourth-order valence-electron chi connectivity index (χ4n) is 4.20. The number of benzene rings is 1. The Labute approximate surface area is 161 Å². The van der Waals surface area contributed by atoms with Crippen LogP contribution in [0.5, 0.6) is 5.75 Å². The normalized spacial score (nSPS) is 23.0. The highest BCUT2D eigenvalue weighted by Crippen LogP contribution is 2.36. The van der Waals surface area contributed by atoms with E-state index in [0.29, 0.717) is 39.0 Å². The molecule has 1 atom stereocenters. The van der Waals surface area contributed by atoms with Crippen molar-refractivity contribution < 1.29 is 19.4 Å². The van der Waals surface area contributed by atoms with Crippen LogP contribution in [0.25, 0.3) is 0 Å². The summed E-state index contributed by atoms with van der Waals surface area (Å²) in [6.07, 6.45) is 4.57. The lowest BCUT2D eigenvalue weighted by Gasteiger charge is -2.42. The number of nitrogens with zero attached hydrogens (tertiary/aromatic N) is 2. The predicted octanol–water partition coefficient (Wildman–Crippen LogP) is 2.63. The Balaban J connectivity index is 1.54. The Morgan fingerprint density at radius 2 is 1.85 bits per heavy atom. The van der Waals surface area contributed by atoms with E-state index in [1.165, 1.54) is 0 Å². The second-order valence-corrected chi connectivity index (χ2v) is 7.81. The van der Waals surface area contributed by atoms with Gasteiger partial charge in [0.25, 0.3) is 0 Å². The fraction of sp³-hybridized carbons (Fsp3) is 0.619. The molecule has 0 aliphatic carbocycles. The first-order chi connectivity index (χ1) is 13.0. The van der Waals surface area contributed by atoms with Crippen LogP contribution in [-0.4, -0.2) is 66.1 Å². The molecule has 27 heavy (non-hydrogen) atoms. The molecule has 0 unspecified atom stereocenters. The highest BCUT2D eigenvalue weighted by atomic mass is 16.5. The molecule has 0 radical (unpaired) electrons. The Kier molecular flexibility index (Phi) is 6.37. The third-order valence-corrected chi connectivity index (χ3v) is 6.13. The molecule has 2 saturated heterocycles. The van der Waals surface area contributed by atoms with E-state index in [1.807, 2.05) is 42.3 Å². The third kappa shape index (κ3) is 4.61. The molecule has 6 heteroatoms. The molecule has 2 aliphatic heterocycles. The van der Waals surface area contributed by atoms with Crippen molar-refractivity contribution in [1.29, 1.82) is 0 Å². The Bertz CT molecular complexity index is 641. The van der Waals surface area contributed by atoms with Crippen molar-refractivity contribution in [1.82, 2.24) is 9.80 Å². The molecule has 1 N–H and O–H groups in total. The molecule has 1 aromatic rings. The molecule has 2 fully saturated rings. The lowest BCUT2D eigenvalue weighted by Crippen LogP contribution is -2.53. The second-order valence-electron chi connectivity index (χ2n) is 7.81. The van der Waals surface area contributed by atoms with Crippen LogP contribution in [0.15, 0.2) is 30.3 Å². The molecule has 0 aromatic heterocycles. The highest BCUT2D eigenvalue weighted by molar-refractivity contribution is 5.82. The molecule has 3 rings (SSSR count). The summed E-state index contributed by atoms with van der Waals surface area (Å²) in [7, 11) is 2.01. The van der Waals surface area contributed by atoms with Gasteiger partial charge in [-0.2, -0.15) is 0 Å². The van der Waals surface area contributed by atoms with Gasteiger partial charge in [0.15, 0.2) is 0 Å². The average Bonchev–Trinajstić information content (AvgIpc) is 2.69. The van der Waals surface area contributed by atoms with Crippen molar-refractivity contribution >= 4 is 11.9 Å². The molecular formula is C21H30N2O4. The van der Waals surface area contributed by atoms with Gasteiger partial charge in [-0.1, -0.05) is 24.6 Å². The van der Waals surface area contributed by atoms with Gasteiger partial charge in [-0.25, -0.2) is 0 Å². The maximum atomic E-state index is 12.9. The summed E-state index contributed by atoms with van der Waals surface area (Å²) >= 11 is 0. The van der Waals surface area contributed by atoms with Crippen LogP contribution in [0.1, 0.15) is 38.5 Å². The smallest absolute Gasteiger partial charge is 0.309 e. The zero-order chi connectivity index (χ0) is 19.3. The summed E-state index contributed by atoms with van der Waals surface area (Å²) in [5.74, 6) is 0.142. The number of likely N-dealkylation sites (tertiary alicyclic amines) is 2. The molecule has 148 valence electrons. The van der Waals surface area contributed by atoms with E-state index in [-0.39, 0.29) is 11.9 Å². The molecule has 1 aromatic carbocycles. The number of hydrogen-bond acceptors (Lipinski definition) is 4. The summed E-state index contributed by atoms with van der Waals surface area (Å²) in [6.45, 7) is 2.36. The van der Waals surface area contributed by atoms with Gasteiger partial charge in [-0.15, -0.1) is 0 Å². The number of carboxylic acids is 1. The Morgan fingerprint density at radius 1 is 1.15 bits per heavy atom. The zero-order valence-electron chi connectivity index (χ0n) is 16.1. The predicted molar refractivity (Wildman–Crippen MR) is 103 cm³/mol. The SMILES string of the molecule is CN1CCCC[C@@H]1C(=O)N1CCC(CCOc2ccccc2)(C(=O)O)CC1. The molecule has 0 bridgehead atoms. The number of carbonyl (C=O) groups is 2. The average molecular weight is 374 g/mol. The molecule has 1 amide bonds. The van der Waals surface area contributed by atoms with Gasteiger partial charge in [0, 0.05) is 13.1 Å². The highest BCUT2D eigenvalue weighted by Gasteiger charge is 2.43. The number of aliphatic carboxylic acids is 1. The number of hydrogen-bond donors (Lipinski definition) is 1. The minimum absolute atomic E-state index is 0.0440. The van der Waals surface area contributed by atoms with Gasteiger partial charge in [-0.3, -0.25) is 14.5 Å². The van der Waals surface area contributed by atoms with Gasteiger partial charge in [-0.05, 0) is 57.8 Å². The largest absolute Gasteiger partial charge is 0.494 e. The van der Waals surface area contributed by atoms with Gasteiger partial charge in [0.05, 0.1) is 18.1 Å². The topological polar surface area (TPSA) is 70.1 Å². The number of piperidine rings is 2. The lowest BCUT2D eigenvalue weighted by atomic mass is 9.75. The van der Waals surface area contributed by atoms with Crippen molar-refractivity contribution in [2.75, 3.05) is 33.3 Å². The van der Waals surface area contributed by atoms with Crippen LogP contribution in [0, 0.1) is 5.41 Å². The summed E-state index contributed by atoms with van der Waals surface area (Å²) < 4.78 is 5.72. The van der Waals surface area contributed by atoms with E-state index in [0.717, 1.165) is 31.6 Å². The van der Waals surface area contributed by atoms with Gasteiger partial charge in [0.1, 0.15) is 5.75 Å². The molecule has 2 heterocycles. The molecule has 2 aliphatic rings. The minimum Gasteiger partial charge on any atom is -0.494 e. The number of likely N-dealkylation sites (N-methyl/N-ethyl adjacent to an activating group) is 1. The summed E-state index contributed by atoms with van der Waals surface area (Å²) in [5.41, 5.74) is -0.802. The number of para-hydroxylation sites is 1. The van der Waals surface area contributed by atoms with Crippen LogP contribution < -0.4 is 4.74 Å². The van der Waals surface area contributed by atoms with E-state index in [4.69, 9.17) is 4.74 Å². The van der Waals surface area contributed by atoms with E-state index in [2.05, 4.69) is 4.90 Å². The van der Waals surface area contributed by atoms with Crippen LogP contribution >= 0.6 is 0 Å². The first-order valence-corrected chi connectivity index (χ1v) is 9.92. The maximum absolute atomic E-state index is 12.9. The molecule has 0 spiro atoms. The molecule has 6 nitrogen and oxygen atoms in total. The molecular weight excluding hydrogens is 344 g/mol. The Hall–Kier alpha value is -2.08. The van der Waals surface area contributed by atoms with Crippen LogP contribution in [0.4, 0.5) is 0 Å². The maximum Gasteiger partial charge on any atom is 0.309 e. The number of rotatable bonds is 6. The number of amides is 1. The fourth-order valence-corrected chi connectivity index (χ4v) is 4.20. The van der Waals surface area contributed by atoms with Crippen molar-refractivity contribution in [2.45, 2.75) is 44.6 Å².